The highest BCUT2D eigenvalue weighted by Gasteiger charge is 2.11. The third-order valence-corrected chi connectivity index (χ3v) is 2.57. The van der Waals surface area contributed by atoms with Crippen LogP contribution in [0.1, 0.15) is 6.92 Å². The number of aliphatic carboxylic acids is 1. The van der Waals surface area contributed by atoms with E-state index in [0.717, 1.165) is 4.90 Å². The van der Waals surface area contributed by atoms with Crippen LogP contribution >= 0.6 is 11.8 Å². The minimum atomic E-state index is -0.866. The standard InChI is InChI=1S/C9H9FO2S/c1-6(9(11)12)13-8-4-2-7(10)3-5-8/h2-6H,1H3,(H,11,12)/t6-/m0/s1. The molecule has 0 spiro atoms. The molecule has 0 amide bonds. The van der Waals surface area contributed by atoms with Gasteiger partial charge >= 0.3 is 5.97 Å². The van der Waals surface area contributed by atoms with Crippen LogP contribution in [0.2, 0.25) is 0 Å². The molecule has 0 unspecified atom stereocenters. The van der Waals surface area contributed by atoms with Gasteiger partial charge in [-0.2, -0.15) is 0 Å². The minimum absolute atomic E-state index is 0.313. The van der Waals surface area contributed by atoms with E-state index < -0.39 is 11.2 Å². The van der Waals surface area contributed by atoms with Crippen LogP contribution in [0.5, 0.6) is 0 Å². The van der Waals surface area contributed by atoms with Gasteiger partial charge in [-0.15, -0.1) is 11.8 Å². The van der Waals surface area contributed by atoms with Crippen LogP contribution in [0, 0.1) is 5.82 Å². The molecule has 1 atom stereocenters. The van der Waals surface area contributed by atoms with Gasteiger partial charge in [0.1, 0.15) is 11.1 Å². The van der Waals surface area contributed by atoms with E-state index in [-0.39, 0.29) is 5.82 Å². The number of benzene rings is 1. The molecule has 0 aliphatic rings. The molecule has 0 aliphatic heterocycles. The third-order valence-electron chi connectivity index (χ3n) is 1.47. The van der Waals surface area contributed by atoms with Gasteiger partial charge in [-0.25, -0.2) is 4.39 Å². The Kier molecular flexibility index (Phi) is 3.31. The first-order valence-electron chi connectivity index (χ1n) is 3.74. The van der Waals surface area contributed by atoms with Crippen molar-refractivity contribution >= 4 is 17.7 Å². The normalized spacial score (nSPS) is 12.5. The highest BCUT2D eigenvalue weighted by atomic mass is 32.2. The number of hydrogen-bond acceptors (Lipinski definition) is 2. The van der Waals surface area contributed by atoms with E-state index in [1.807, 2.05) is 0 Å². The maximum absolute atomic E-state index is 12.5. The zero-order chi connectivity index (χ0) is 9.84. The number of rotatable bonds is 3. The molecule has 0 aliphatic carbocycles. The summed E-state index contributed by atoms with van der Waals surface area (Å²) in [6.07, 6.45) is 0. The van der Waals surface area contributed by atoms with Crippen molar-refractivity contribution in [2.24, 2.45) is 0 Å². The second-order valence-corrected chi connectivity index (χ2v) is 3.97. The predicted molar refractivity (Wildman–Crippen MR) is 49.4 cm³/mol. The molecule has 0 fully saturated rings. The lowest BCUT2D eigenvalue weighted by Gasteiger charge is -2.04. The van der Waals surface area contributed by atoms with Gasteiger partial charge in [0.15, 0.2) is 0 Å². The van der Waals surface area contributed by atoms with Gasteiger partial charge in [-0.1, -0.05) is 0 Å². The minimum Gasteiger partial charge on any atom is -0.480 e. The maximum Gasteiger partial charge on any atom is 0.316 e. The molecule has 0 radical (unpaired) electrons. The fourth-order valence-electron chi connectivity index (χ4n) is 0.768. The lowest BCUT2D eigenvalue weighted by molar-refractivity contribution is -0.136. The Labute approximate surface area is 79.8 Å². The van der Waals surface area contributed by atoms with Crippen molar-refractivity contribution in [3.63, 3.8) is 0 Å². The monoisotopic (exact) mass is 200 g/mol. The first-order chi connectivity index (χ1) is 6.09. The zero-order valence-corrected chi connectivity index (χ0v) is 7.84. The Hall–Kier alpha value is -1.03. The van der Waals surface area contributed by atoms with Crippen LogP contribution < -0.4 is 0 Å². The van der Waals surface area contributed by atoms with Crippen molar-refractivity contribution in [2.75, 3.05) is 0 Å². The molecule has 1 N–H and O–H groups in total. The topological polar surface area (TPSA) is 37.3 Å². The molecule has 1 aromatic rings. The van der Waals surface area contributed by atoms with Gasteiger partial charge in [0.2, 0.25) is 0 Å². The van der Waals surface area contributed by atoms with E-state index in [1.165, 1.54) is 23.9 Å². The SMILES string of the molecule is C[C@H](Sc1ccc(F)cc1)C(=O)O. The highest BCUT2D eigenvalue weighted by molar-refractivity contribution is 8.00. The average Bonchev–Trinajstić information content (AvgIpc) is 2.08. The number of halogens is 1. The molecule has 1 aromatic carbocycles. The van der Waals surface area contributed by atoms with Gasteiger partial charge in [0.05, 0.1) is 0 Å². The summed E-state index contributed by atoms with van der Waals surface area (Å²) in [4.78, 5) is 11.2. The third kappa shape index (κ3) is 3.06. The second kappa shape index (κ2) is 4.28. The van der Waals surface area contributed by atoms with Crippen molar-refractivity contribution < 1.29 is 14.3 Å². The summed E-state index contributed by atoms with van der Waals surface area (Å²) < 4.78 is 12.5. The summed E-state index contributed by atoms with van der Waals surface area (Å²) >= 11 is 1.19. The molecule has 4 heteroatoms. The first-order valence-corrected chi connectivity index (χ1v) is 4.62. The summed E-state index contributed by atoms with van der Waals surface area (Å²) in [6, 6.07) is 5.77. The molecule has 0 saturated heterocycles. The Balaban J connectivity index is 2.64. The summed E-state index contributed by atoms with van der Waals surface area (Å²) in [5.74, 6) is -1.18. The van der Waals surface area contributed by atoms with E-state index in [4.69, 9.17) is 5.11 Å². The average molecular weight is 200 g/mol. The van der Waals surface area contributed by atoms with Crippen LogP contribution in [0.15, 0.2) is 29.2 Å². The van der Waals surface area contributed by atoms with Crippen molar-refractivity contribution in [2.45, 2.75) is 17.1 Å². The van der Waals surface area contributed by atoms with Gasteiger partial charge in [-0.3, -0.25) is 4.79 Å². The summed E-state index contributed by atoms with van der Waals surface area (Å²) in [6.45, 7) is 1.59. The summed E-state index contributed by atoms with van der Waals surface area (Å²) in [7, 11) is 0. The highest BCUT2D eigenvalue weighted by Crippen LogP contribution is 2.23. The second-order valence-electron chi connectivity index (χ2n) is 2.55. The van der Waals surface area contributed by atoms with Crippen LogP contribution in [-0.2, 0) is 4.79 Å². The predicted octanol–water partition coefficient (Wildman–Crippen LogP) is 2.39. The largest absolute Gasteiger partial charge is 0.480 e. The van der Waals surface area contributed by atoms with Crippen molar-refractivity contribution in [3.8, 4) is 0 Å². The van der Waals surface area contributed by atoms with E-state index in [0.29, 0.717) is 0 Å². The first kappa shape index (κ1) is 10.1. The number of thioether (sulfide) groups is 1. The van der Waals surface area contributed by atoms with Gasteiger partial charge < -0.3 is 5.11 Å². The Morgan fingerprint density at radius 3 is 2.46 bits per heavy atom. The van der Waals surface area contributed by atoms with Crippen LogP contribution in [0.4, 0.5) is 4.39 Å². The zero-order valence-electron chi connectivity index (χ0n) is 7.03. The van der Waals surface area contributed by atoms with Gasteiger partial charge in [-0.05, 0) is 31.2 Å². The lowest BCUT2D eigenvalue weighted by Crippen LogP contribution is -2.10. The molecular weight excluding hydrogens is 191 g/mol. The van der Waals surface area contributed by atoms with Crippen molar-refractivity contribution in [1.82, 2.24) is 0 Å². The van der Waals surface area contributed by atoms with Gasteiger partial charge in [0, 0.05) is 4.90 Å². The number of hydrogen-bond donors (Lipinski definition) is 1. The van der Waals surface area contributed by atoms with E-state index in [2.05, 4.69) is 0 Å². The fourth-order valence-corrected chi connectivity index (χ4v) is 1.57. The maximum atomic E-state index is 12.5. The molecular formula is C9H9FO2S. The molecule has 13 heavy (non-hydrogen) atoms. The summed E-state index contributed by atoms with van der Waals surface area (Å²) in [5.41, 5.74) is 0. The van der Waals surface area contributed by atoms with Crippen molar-refractivity contribution in [3.05, 3.63) is 30.1 Å². The van der Waals surface area contributed by atoms with Crippen LogP contribution in [-0.4, -0.2) is 16.3 Å². The molecule has 2 nitrogen and oxygen atoms in total. The smallest absolute Gasteiger partial charge is 0.316 e. The Morgan fingerprint density at radius 1 is 1.46 bits per heavy atom. The molecule has 0 saturated carbocycles. The fraction of sp³-hybridized carbons (Fsp3) is 0.222. The lowest BCUT2D eigenvalue weighted by atomic mass is 10.3. The van der Waals surface area contributed by atoms with E-state index in [1.54, 1.807) is 19.1 Å². The van der Waals surface area contributed by atoms with Gasteiger partial charge in [0.25, 0.3) is 0 Å². The van der Waals surface area contributed by atoms with Crippen LogP contribution in [0.25, 0.3) is 0 Å². The van der Waals surface area contributed by atoms with Crippen LogP contribution in [0.3, 0.4) is 0 Å². The van der Waals surface area contributed by atoms with E-state index >= 15 is 0 Å². The number of carboxylic acids is 1. The van der Waals surface area contributed by atoms with Crippen molar-refractivity contribution in [1.29, 1.82) is 0 Å². The quantitative estimate of drug-likeness (QED) is 0.761. The molecule has 70 valence electrons. The Bertz CT molecular complexity index is 297. The van der Waals surface area contributed by atoms with E-state index in [9.17, 15) is 9.18 Å². The Morgan fingerprint density at radius 2 is 2.00 bits per heavy atom. The number of carboxylic acid groups (broad SMARTS) is 1. The number of carbonyl (C=O) groups is 1. The molecule has 1 rings (SSSR count). The molecule has 0 heterocycles. The molecule has 0 aromatic heterocycles. The molecule has 0 bridgehead atoms. The summed E-state index contributed by atoms with van der Waals surface area (Å²) in [5, 5.41) is 8.09.